The number of amides is 1. The molecular formula is C13H18FNO3S. The molecule has 0 fully saturated rings. The molecule has 106 valence electrons. The van der Waals surface area contributed by atoms with Gasteiger partial charge in [-0.15, -0.1) is 0 Å². The molecule has 0 bridgehead atoms. The summed E-state index contributed by atoms with van der Waals surface area (Å²) in [6.07, 6.45) is 0.646. The third kappa shape index (κ3) is 5.83. The second-order valence-corrected chi connectivity index (χ2v) is 6.39. The first-order valence-electron chi connectivity index (χ1n) is 6.10. The van der Waals surface area contributed by atoms with Gasteiger partial charge < -0.3 is 0 Å². The minimum absolute atomic E-state index is 0.00359. The highest BCUT2D eigenvalue weighted by Crippen LogP contribution is 2.06. The Morgan fingerprint density at radius 2 is 1.89 bits per heavy atom. The molecule has 0 aliphatic rings. The molecule has 0 saturated heterocycles. The van der Waals surface area contributed by atoms with E-state index in [2.05, 4.69) is 0 Å². The molecule has 0 aliphatic heterocycles. The fourth-order valence-corrected chi connectivity index (χ4v) is 3.02. The monoisotopic (exact) mass is 287 g/mol. The molecule has 0 aliphatic carbocycles. The average molecular weight is 287 g/mol. The van der Waals surface area contributed by atoms with E-state index in [1.165, 1.54) is 24.3 Å². The summed E-state index contributed by atoms with van der Waals surface area (Å²) in [6, 6.07) is 5.37. The van der Waals surface area contributed by atoms with Crippen molar-refractivity contribution in [3.63, 3.8) is 0 Å². The minimum Gasteiger partial charge on any atom is -0.274 e. The Morgan fingerprint density at radius 1 is 1.32 bits per heavy atom. The molecule has 0 radical (unpaired) electrons. The molecule has 0 spiro atoms. The van der Waals surface area contributed by atoms with Crippen LogP contribution in [-0.2, 0) is 21.2 Å². The van der Waals surface area contributed by atoms with Crippen LogP contribution in [0.5, 0.6) is 0 Å². The molecular weight excluding hydrogens is 269 g/mol. The number of rotatable bonds is 6. The zero-order chi connectivity index (χ0) is 14.5. The Labute approximate surface area is 113 Å². The minimum atomic E-state index is -3.59. The first kappa shape index (κ1) is 15.6. The lowest BCUT2D eigenvalue weighted by molar-refractivity contribution is -0.118. The summed E-state index contributed by atoms with van der Waals surface area (Å²) in [5, 5.41) is 0. The summed E-state index contributed by atoms with van der Waals surface area (Å²) in [5.41, 5.74) is 0.567. The van der Waals surface area contributed by atoms with Crippen LogP contribution in [0.3, 0.4) is 0 Å². The van der Waals surface area contributed by atoms with E-state index in [4.69, 9.17) is 0 Å². The number of nitrogens with one attached hydrogen (secondary N) is 1. The highest BCUT2D eigenvalue weighted by atomic mass is 32.2. The molecule has 1 atom stereocenters. The first-order valence-corrected chi connectivity index (χ1v) is 7.75. The van der Waals surface area contributed by atoms with E-state index in [9.17, 15) is 17.6 Å². The van der Waals surface area contributed by atoms with Crippen molar-refractivity contribution < 1.29 is 17.6 Å². The largest absolute Gasteiger partial charge is 0.274 e. The Bertz CT molecular complexity index is 525. The maximum absolute atomic E-state index is 12.7. The van der Waals surface area contributed by atoms with Crippen LogP contribution in [0, 0.1) is 11.7 Å². The number of benzene rings is 1. The van der Waals surface area contributed by atoms with Crippen LogP contribution in [0.4, 0.5) is 4.39 Å². The van der Waals surface area contributed by atoms with Gasteiger partial charge in [-0.1, -0.05) is 32.4 Å². The van der Waals surface area contributed by atoms with Gasteiger partial charge in [0.1, 0.15) is 5.82 Å². The predicted molar refractivity (Wildman–Crippen MR) is 71.5 cm³/mol. The normalized spacial score (nSPS) is 13.0. The van der Waals surface area contributed by atoms with Crippen LogP contribution in [0.25, 0.3) is 0 Å². The highest BCUT2D eigenvalue weighted by Gasteiger charge is 2.17. The van der Waals surface area contributed by atoms with Crippen LogP contribution in [-0.4, -0.2) is 20.1 Å². The zero-order valence-corrected chi connectivity index (χ0v) is 11.8. The third-order valence-electron chi connectivity index (χ3n) is 2.75. The molecule has 4 nitrogen and oxygen atoms in total. The molecule has 0 heterocycles. The third-order valence-corrected chi connectivity index (χ3v) is 4.29. The maximum atomic E-state index is 12.7. The lowest BCUT2D eigenvalue weighted by Gasteiger charge is -2.10. The van der Waals surface area contributed by atoms with Crippen molar-refractivity contribution in [3.05, 3.63) is 35.6 Å². The standard InChI is InChI=1S/C13H18FNO3S/c1-3-10(2)9-19(17,18)15-13(16)8-11-4-6-12(14)7-5-11/h4-7,10H,3,8-9H2,1-2H3,(H,15,16)/t10-/m0/s1. The second-order valence-electron chi connectivity index (χ2n) is 4.62. The number of hydrogen-bond donors (Lipinski definition) is 1. The molecule has 0 saturated carbocycles. The van der Waals surface area contributed by atoms with Crippen molar-refractivity contribution in [2.75, 3.05) is 5.75 Å². The Kier molecular flexibility index (Phi) is 5.47. The van der Waals surface area contributed by atoms with Crippen LogP contribution in [0.2, 0.25) is 0 Å². The SMILES string of the molecule is CC[C@H](C)CS(=O)(=O)NC(=O)Cc1ccc(F)cc1. The van der Waals surface area contributed by atoms with E-state index in [1.807, 2.05) is 18.6 Å². The van der Waals surface area contributed by atoms with E-state index in [1.54, 1.807) is 0 Å². The van der Waals surface area contributed by atoms with Crippen molar-refractivity contribution in [2.24, 2.45) is 5.92 Å². The Morgan fingerprint density at radius 3 is 2.42 bits per heavy atom. The molecule has 1 aromatic carbocycles. The summed E-state index contributed by atoms with van der Waals surface area (Å²) in [4.78, 5) is 11.6. The molecule has 19 heavy (non-hydrogen) atoms. The first-order chi connectivity index (χ1) is 8.82. The smallest absolute Gasteiger partial charge is 0.237 e. The van der Waals surface area contributed by atoms with Crippen LogP contribution < -0.4 is 4.72 Å². The number of carbonyl (C=O) groups excluding carboxylic acids is 1. The molecule has 6 heteroatoms. The van der Waals surface area contributed by atoms with Gasteiger partial charge in [0.05, 0.1) is 12.2 Å². The average Bonchev–Trinajstić information content (AvgIpc) is 2.30. The summed E-state index contributed by atoms with van der Waals surface area (Å²) in [7, 11) is -3.59. The second kappa shape index (κ2) is 6.65. The molecule has 0 aromatic heterocycles. The number of carbonyl (C=O) groups is 1. The van der Waals surface area contributed by atoms with Gasteiger partial charge in [0, 0.05) is 0 Å². The fraction of sp³-hybridized carbons (Fsp3) is 0.462. The lowest BCUT2D eigenvalue weighted by Crippen LogP contribution is -2.35. The number of halogens is 1. The number of hydrogen-bond acceptors (Lipinski definition) is 3. The zero-order valence-electron chi connectivity index (χ0n) is 11.0. The summed E-state index contributed by atoms with van der Waals surface area (Å²) >= 11 is 0. The topological polar surface area (TPSA) is 63.2 Å². The molecule has 0 unspecified atom stereocenters. The van der Waals surface area contributed by atoms with Crippen molar-refractivity contribution in [3.8, 4) is 0 Å². The Balaban J connectivity index is 2.57. The van der Waals surface area contributed by atoms with E-state index < -0.39 is 21.7 Å². The van der Waals surface area contributed by atoms with Gasteiger partial charge in [0.2, 0.25) is 15.9 Å². The van der Waals surface area contributed by atoms with Gasteiger partial charge in [-0.2, -0.15) is 0 Å². The molecule has 1 amide bonds. The van der Waals surface area contributed by atoms with Gasteiger partial charge in [0.15, 0.2) is 0 Å². The van der Waals surface area contributed by atoms with E-state index in [0.717, 1.165) is 6.42 Å². The fourth-order valence-electron chi connectivity index (χ4n) is 1.53. The van der Waals surface area contributed by atoms with E-state index >= 15 is 0 Å². The van der Waals surface area contributed by atoms with Gasteiger partial charge in [-0.25, -0.2) is 12.8 Å². The Hall–Kier alpha value is -1.43. The molecule has 1 rings (SSSR count). The van der Waals surface area contributed by atoms with Gasteiger partial charge in [0.25, 0.3) is 0 Å². The lowest BCUT2D eigenvalue weighted by atomic mass is 10.1. The predicted octanol–water partition coefficient (Wildman–Crippen LogP) is 1.86. The van der Waals surface area contributed by atoms with Gasteiger partial charge in [-0.05, 0) is 23.6 Å². The summed E-state index contributed by atoms with van der Waals surface area (Å²) < 4.78 is 38.0. The van der Waals surface area contributed by atoms with Gasteiger partial charge in [-0.3, -0.25) is 9.52 Å². The van der Waals surface area contributed by atoms with E-state index in [0.29, 0.717) is 5.56 Å². The van der Waals surface area contributed by atoms with Crippen molar-refractivity contribution in [1.82, 2.24) is 4.72 Å². The summed E-state index contributed by atoms with van der Waals surface area (Å²) in [5.74, 6) is -1.07. The van der Waals surface area contributed by atoms with Gasteiger partial charge >= 0.3 is 0 Å². The van der Waals surface area contributed by atoms with Crippen molar-refractivity contribution in [2.45, 2.75) is 26.7 Å². The summed E-state index contributed by atoms with van der Waals surface area (Å²) in [6.45, 7) is 3.70. The molecule has 1 aromatic rings. The van der Waals surface area contributed by atoms with Crippen LogP contribution in [0.1, 0.15) is 25.8 Å². The van der Waals surface area contributed by atoms with Crippen molar-refractivity contribution in [1.29, 1.82) is 0 Å². The maximum Gasteiger partial charge on any atom is 0.237 e. The van der Waals surface area contributed by atoms with Crippen molar-refractivity contribution >= 4 is 15.9 Å². The molecule has 1 N–H and O–H groups in total. The van der Waals surface area contributed by atoms with Crippen LogP contribution >= 0.6 is 0 Å². The number of sulfonamides is 1. The van der Waals surface area contributed by atoms with Crippen LogP contribution in [0.15, 0.2) is 24.3 Å². The highest BCUT2D eigenvalue weighted by molar-refractivity contribution is 7.90. The van der Waals surface area contributed by atoms with E-state index in [-0.39, 0.29) is 18.1 Å². The quantitative estimate of drug-likeness (QED) is 0.868.